The van der Waals surface area contributed by atoms with E-state index in [1.165, 1.54) is 12.1 Å². The predicted molar refractivity (Wildman–Crippen MR) is 96.6 cm³/mol. The highest BCUT2D eigenvalue weighted by Crippen LogP contribution is 2.22. The second-order valence-corrected chi connectivity index (χ2v) is 7.90. The molecule has 0 spiro atoms. The molecule has 0 aliphatic carbocycles. The highest BCUT2D eigenvalue weighted by molar-refractivity contribution is 7.92. The Bertz CT molecular complexity index is 874. The number of nitrogens with zero attached hydrogens (tertiary/aromatic N) is 1. The van der Waals surface area contributed by atoms with Crippen molar-refractivity contribution < 1.29 is 17.6 Å². The number of carbonyl (C=O) groups is 1. The number of nitrogens with one attached hydrogen (secondary N) is 1. The summed E-state index contributed by atoms with van der Waals surface area (Å²) in [6.45, 7) is 1.19. The van der Waals surface area contributed by atoms with Gasteiger partial charge in [0.15, 0.2) is 0 Å². The van der Waals surface area contributed by atoms with Crippen LogP contribution in [0.5, 0.6) is 0 Å². The smallest absolute Gasteiger partial charge is 0.241 e. The number of amides is 1. The number of halogens is 2. The molecular weight excluding hydrogens is 367 g/mol. The summed E-state index contributed by atoms with van der Waals surface area (Å²) >= 11 is 5.89. The van der Waals surface area contributed by atoms with Gasteiger partial charge in [-0.05, 0) is 31.2 Å². The van der Waals surface area contributed by atoms with E-state index in [-0.39, 0.29) is 5.69 Å². The third-order valence-corrected chi connectivity index (χ3v) is 4.91. The third-order valence-electron chi connectivity index (χ3n) is 3.53. The standard InChI is InChI=1S/C17H18ClFN2O3S/c1-12(15-8-3-4-9-16(15)19)20-17(22)11-21(25(2,23)24)14-7-5-6-13(18)10-14/h3-10,12H,11H2,1-2H3,(H,20,22)/t12-/m0/s1. The molecule has 0 fully saturated rings. The van der Waals surface area contributed by atoms with Crippen molar-refractivity contribution >= 4 is 33.2 Å². The fraction of sp³-hybridized carbons (Fsp3) is 0.235. The van der Waals surface area contributed by atoms with E-state index in [1.807, 2.05) is 0 Å². The number of anilines is 1. The molecule has 0 aromatic heterocycles. The van der Waals surface area contributed by atoms with Gasteiger partial charge < -0.3 is 5.32 Å². The van der Waals surface area contributed by atoms with E-state index >= 15 is 0 Å². The maximum atomic E-state index is 13.8. The molecule has 2 aromatic carbocycles. The van der Waals surface area contributed by atoms with Crippen LogP contribution in [0.25, 0.3) is 0 Å². The Labute approximate surface area is 151 Å². The first kappa shape index (κ1) is 19.2. The minimum Gasteiger partial charge on any atom is -0.348 e. The quantitative estimate of drug-likeness (QED) is 0.832. The van der Waals surface area contributed by atoms with Gasteiger partial charge in [0.2, 0.25) is 15.9 Å². The van der Waals surface area contributed by atoms with Crippen LogP contribution < -0.4 is 9.62 Å². The summed E-state index contributed by atoms with van der Waals surface area (Å²) in [4.78, 5) is 12.3. The molecule has 0 saturated heterocycles. The highest BCUT2D eigenvalue weighted by Gasteiger charge is 2.22. The summed E-state index contributed by atoms with van der Waals surface area (Å²) in [5, 5.41) is 2.96. The van der Waals surface area contributed by atoms with Crippen molar-refractivity contribution in [3.05, 3.63) is 64.9 Å². The van der Waals surface area contributed by atoms with Crippen LogP contribution in [0.3, 0.4) is 0 Å². The molecule has 0 bridgehead atoms. The van der Waals surface area contributed by atoms with Gasteiger partial charge in [-0.1, -0.05) is 35.9 Å². The predicted octanol–water partition coefficient (Wildman–Crippen LogP) is 3.12. The summed E-state index contributed by atoms with van der Waals surface area (Å²) < 4.78 is 38.8. The lowest BCUT2D eigenvalue weighted by Gasteiger charge is -2.23. The SMILES string of the molecule is C[C@H](NC(=O)CN(c1cccc(Cl)c1)S(C)(=O)=O)c1ccccc1F. The van der Waals surface area contributed by atoms with E-state index in [0.29, 0.717) is 10.6 Å². The first-order valence-electron chi connectivity index (χ1n) is 7.45. The van der Waals surface area contributed by atoms with E-state index < -0.39 is 34.3 Å². The zero-order valence-electron chi connectivity index (χ0n) is 13.7. The Morgan fingerprint density at radius 1 is 1.24 bits per heavy atom. The second kappa shape index (κ2) is 7.84. The van der Waals surface area contributed by atoms with Crippen molar-refractivity contribution in [2.45, 2.75) is 13.0 Å². The molecule has 134 valence electrons. The Hall–Kier alpha value is -2.12. The highest BCUT2D eigenvalue weighted by atomic mass is 35.5. The molecule has 5 nitrogen and oxygen atoms in total. The van der Waals surface area contributed by atoms with Crippen LogP contribution in [0.1, 0.15) is 18.5 Å². The third kappa shape index (κ3) is 5.17. The largest absolute Gasteiger partial charge is 0.348 e. The van der Waals surface area contributed by atoms with E-state index in [1.54, 1.807) is 43.3 Å². The van der Waals surface area contributed by atoms with Crippen molar-refractivity contribution in [1.29, 1.82) is 0 Å². The number of rotatable bonds is 6. The summed E-state index contributed by atoms with van der Waals surface area (Å²) in [6.07, 6.45) is 1.00. The summed E-state index contributed by atoms with van der Waals surface area (Å²) in [7, 11) is -3.70. The van der Waals surface area contributed by atoms with E-state index in [4.69, 9.17) is 11.6 Å². The van der Waals surface area contributed by atoms with Gasteiger partial charge in [0, 0.05) is 10.6 Å². The maximum Gasteiger partial charge on any atom is 0.241 e. The number of hydrogen-bond acceptors (Lipinski definition) is 3. The van der Waals surface area contributed by atoms with Crippen LogP contribution in [0.15, 0.2) is 48.5 Å². The maximum absolute atomic E-state index is 13.8. The molecule has 2 aromatic rings. The summed E-state index contributed by atoms with van der Waals surface area (Å²) in [5.74, 6) is -0.994. The molecule has 0 aliphatic heterocycles. The first-order valence-corrected chi connectivity index (χ1v) is 9.68. The lowest BCUT2D eigenvalue weighted by atomic mass is 10.1. The Kier molecular flexibility index (Phi) is 6.02. The molecule has 0 aliphatic rings. The molecule has 0 radical (unpaired) electrons. The van der Waals surface area contributed by atoms with Gasteiger partial charge in [-0.15, -0.1) is 0 Å². The average molecular weight is 385 g/mol. The molecular formula is C17H18ClFN2O3S. The number of carbonyl (C=O) groups excluding carboxylic acids is 1. The average Bonchev–Trinajstić information content (AvgIpc) is 2.51. The van der Waals surface area contributed by atoms with Gasteiger partial charge >= 0.3 is 0 Å². The van der Waals surface area contributed by atoms with E-state index in [9.17, 15) is 17.6 Å². The minimum absolute atomic E-state index is 0.281. The normalized spacial score (nSPS) is 12.5. The van der Waals surface area contributed by atoms with Crippen LogP contribution >= 0.6 is 11.6 Å². The molecule has 2 rings (SSSR count). The van der Waals surface area contributed by atoms with Crippen LogP contribution in [0.2, 0.25) is 5.02 Å². The minimum atomic E-state index is -3.70. The number of benzene rings is 2. The van der Waals surface area contributed by atoms with E-state index in [0.717, 1.165) is 10.6 Å². The van der Waals surface area contributed by atoms with Crippen molar-refractivity contribution in [2.75, 3.05) is 17.1 Å². The van der Waals surface area contributed by atoms with Crippen molar-refractivity contribution in [3.8, 4) is 0 Å². The van der Waals surface area contributed by atoms with Gasteiger partial charge in [0.25, 0.3) is 0 Å². The van der Waals surface area contributed by atoms with Crippen LogP contribution in [0.4, 0.5) is 10.1 Å². The Morgan fingerprint density at radius 3 is 2.52 bits per heavy atom. The molecule has 1 atom stereocenters. The van der Waals surface area contributed by atoms with Crippen molar-refractivity contribution in [2.24, 2.45) is 0 Å². The van der Waals surface area contributed by atoms with Crippen molar-refractivity contribution in [1.82, 2.24) is 5.32 Å². The molecule has 8 heteroatoms. The lowest BCUT2D eigenvalue weighted by Crippen LogP contribution is -2.41. The second-order valence-electron chi connectivity index (χ2n) is 5.56. The lowest BCUT2D eigenvalue weighted by molar-refractivity contribution is -0.120. The fourth-order valence-electron chi connectivity index (χ4n) is 2.35. The van der Waals surface area contributed by atoms with Gasteiger partial charge in [-0.25, -0.2) is 12.8 Å². The van der Waals surface area contributed by atoms with Crippen molar-refractivity contribution in [3.63, 3.8) is 0 Å². The first-order chi connectivity index (χ1) is 11.7. The number of sulfonamides is 1. The Balaban J connectivity index is 2.17. The number of hydrogen-bond donors (Lipinski definition) is 1. The molecule has 0 heterocycles. The topological polar surface area (TPSA) is 66.5 Å². The summed E-state index contributed by atoms with van der Waals surface area (Å²) in [6, 6.07) is 11.7. The van der Waals surface area contributed by atoms with Gasteiger partial charge in [0.1, 0.15) is 12.4 Å². The molecule has 0 saturated carbocycles. The van der Waals surface area contributed by atoms with Crippen LogP contribution in [0, 0.1) is 5.82 Å². The van der Waals surface area contributed by atoms with Gasteiger partial charge in [-0.3, -0.25) is 9.10 Å². The van der Waals surface area contributed by atoms with Gasteiger partial charge in [-0.2, -0.15) is 0 Å². The fourth-order valence-corrected chi connectivity index (χ4v) is 3.39. The van der Waals surface area contributed by atoms with Gasteiger partial charge in [0.05, 0.1) is 18.0 Å². The van der Waals surface area contributed by atoms with E-state index in [2.05, 4.69) is 5.32 Å². The molecule has 1 N–H and O–H groups in total. The molecule has 0 unspecified atom stereocenters. The van der Waals surface area contributed by atoms with Crippen LogP contribution in [-0.2, 0) is 14.8 Å². The summed E-state index contributed by atoms with van der Waals surface area (Å²) in [5.41, 5.74) is 0.605. The molecule has 1 amide bonds. The van der Waals surface area contributed by atoms with Crippen LogP contribution in [-0.4, -0.2) is 27.1 Å². The Morgan fingerprint density at radius 2 is 1.92 bits per heavy atom. The zero-order chi connectivity index (χ0) is 18.6. The monoisotopic (exact) mass is 384 g/mol. The zero-order valence-corrected chi connectivity index (χ0v) is 15.3. The molecule has 25 heavy (non-hydrogen) atoms.